The van der Waals surface area contributed by atoms with E-state index in [4.69, 9.17) is 4.42 Å². The molecule has 0 aliphatic heterocycles. The van der Waals surface area contributed by atoms with E-state index in [9.17, 15) is 0 Å². The zero-order chi connectivity index (χ0) is 41.0. The Bertz CT molecular complexity index is 3620. The Labute approximate surface area is 360 Å². The molecule has 11 aromatic carbocycles. The lowest BCUT2D eigenvalue weighted by atomic mass is 9.93. The smallest absolute Gasteiger partial charge is 0.145 e. The van der Waals surface area contributed by atoms with E-state index < -0.39 is 0 Å². The minimum absolute atomic E-state index is 0.864. The maximum Gasteiger partial charge on any atom is 0.145 e. The highest BCUT2D eigenvalue weighted by Gasteiger charge is 2.23. The molecular weight excluding hydrogens is 751 g/mol. The molecule has 0 radical (unpaired) electrons. The fraction of sp³-hybridized carbons (Fsp3) is 0. The lowest BCUT2D eigenvalue weighted by Gasteiger charge is -2.27. The fourth-order valence-corrected chi connectivity index (χ4v) is 9.40. The summed E-state index contributed by atoms with van der Waals surface area (Å²) in [5.41, 5.74) is 14.2. The Kier molecular flexibility index (Phi) is 8.53. The van der Waals surface area contributed by atoms with E-state index in [0.29, 0.717) is 0 Å². The molecule has 0 unspecified atom stereocenters. The number of para-hydroxylation sites is 1. The molecule has 0 saturated carbocycles. The largest absolute Gasteiger partial charge is 0.455 e. The van der Waals surface area contributed by atoms with E-state index in [1.54, 1.807) is 0 Å². The van der Waals surface area contributed by atoms with Crippen LogP contribution in [0.25, 0.3) is 98.8 Å². The molecule has 62 heavy (non-hydrogen) atoms. The third kappa shape index (κ3) is 6.12. The summed E-state index contributed by atoms with van der Waals surface area (Å²) < 4.78 is 6.89. The lowest BCUT2D eigenvalue weighted by molar-refractivity contribution is 0.670. The Morgan fingerprint density at radius 3 is 1.63 bits per heavy atom. The van der Waals surface area contributed by atoms with Crippen molar-refractivity contribution in [1.82, 2.24) is 0 Å². The van der Waals surface area contributed by atoms with Crippen LogP contribution in [0.4, 0.5) is 17.1 Å². The van der Waals surface area contributed by atoms with Gasteiger partial charge in [0.05, 0.1) is 11.1 Å². The second kappa shape index (κ2) is 14.8. The molecule has 2 nitrogen and oxygen atoms in total. The molecule has 0 saturated heterocycles. The molecule has 2 heteroatoms. The Morgan fingerprint density at radius 2 is 0.855 bits per heavy atom. The molecule has 290 valence electrons. The van der Waals surface area contributed by atoms with Crippen molar-refractivity contribution in [1.29, 1.82) is 0 Å². The van der Waals surface area contributed by atoms with E-state index in [1.165, 1.54) is 54.6 Å². The van der Waals surface area contributed by atoms with Gasteiger partial charge in [-0.2, -0.15) is 0 Å². The predicted molar refractivity (Wildman–Crippen MR) is 263 cm³/mol. The number of benzene rings is 11. The van der Waals surface area contributed by atoms with Crippen LogP contribution in [0.3, 0.4) is 0 Å². The summed E-state index contributed by atoms with van der Waals surface area (Å²) >= 11 is 0. The van der Waals surface area contributed by atoms with Gasteiger partial charge in [-0.1, -0.05) is 182 Å². The van der Waals surface area contributed by atoms with Gasteiger partial charge in [0.1, 0.15) is 11.2 Å². The summed E-state index contributed by atoms with van der Waals surface area (Å²) in [7, 11) is 0. The topological polar surface area (TPSA) is 16.4 Å². The van der Waals surface area contributed by atoms with Gasteiger partial charge < -0.3 is 9.32 Å². The Morgan fingerprint density at radius 1 is 0.290 bits per heavy atom. The maximum atomic E-state index is 6.89. The molecule has 0 bridgehead atoms. The summed E-state index contributed by atoms with van der Waals surface area (Å²) in [4.78, 5) is 2.41. The highest BCUT2D eigenvalue weighted by atomic mass is 16.3. The van der Waals surface area contributed by atoms with E-state index in [1.807, 2.05) is 0 Å². The minimum Gasteiger partial charge on any atom is -0.455 e. The van der Waals surface area contributed by atoms with Gasteiger partial charge >= 0.3 is 0 Å². The van der Waals surface area contributed by atoms with Gasteiger partial charge in [-0.3, -0.25) is 0 Å². The highest BCUT2D eigenvalue weighted by molar-refractivity contribution is 6.18. The maximum absolute atomic E-state index is 6.89. The van der Waals surface area contributed by atoms with Gasteiger partial charge in [-0.25, -0.2) is 0 Å². The van der Waals surface area contributed by atoms with E-state index in [0.717, 1.165) is 61.3 Å². The summed E-state index contributed by atoms with van der Waals surface area (Å²) in [6.45, 7) is 0. The number of anilines is 3. The second-order valence-electron chi connectivity index (χ2n) is 16.1. The number of furan rings is 1. The highest BCUT2D eigenvalue weighted by Crippen LogP contribution is 2.47. The van der Waals surface area contributed by atoms with Gasteiger partial charge in [-0.15, -0.1) is 0 Å². The number of hydrogen-bond acceptors (Lipinski definition) is 2. The zero-order valence-corrected chi connectivity index (χ0v) is 33.9. The molecule has 0 spiro atoms. The summed E-state index contributed by atoms with van der Waals surface area (Å²) in [6.07, 6.45) is 0. The second-order valence-corrected chi connectivity index (χ2v) is 16.1. The van der Waals surface area contributed by atoms with E-state index in [-0.39, 0.29) is 0 Å². The molecule has 0 aliphatic rings. The monoisotopic (exact) mass is 789 g/mol. The van der Waals surface area contributed by atoms with Crippen molar-refractivity contribution in [2.75, 3.05) is 4.90 Å². The van der Waals surface area contributed by atoms with Crippen LogP contribution >= 0.6 is 0 Å². The van der Waals surface area contributed by atoms with E-state index in [2.05, 4.69) is 241 Å². The minimum atomic E-state index is 0.864. The van der Waals surface area contributed by atoms with Crippen LogP contribution < -0.4 is 4.90 Å². The SMILES string of the molecule is c1ccc(-c2ccc(-c3ccc(N(c4cccc(-c5cc6ccccc6c6ccccc56)c4)c4ccc(-c5ccc6ccccc6c5)c5oc6ccccc6c45)cc3)cc2)cc1. The van der Waals surface area contributed by atoms with Crippen molar-refractivity contribution < 1.29 is 4.42 Å². The fourth-order valence-electron chi connectivity index (χ4n) is 9.40. The van der Waals surface area contributed by atoms with Gasteiger partial charge in [0, 0.05) is 22.3 Å². The van der Waals surface area contributed by atoms with Gasteiger partial charge in [0.15, 0.2) is 0 Å². The molecule has 1 aromatic heterocycles. The summed E-state index contributed by atoms with van der Waals surface area (Å²) in [5.74, 6) is 0. The standard InChI is InChI=1S/C60H39NO/c1-2-13-40(14-3-1)42-25-27-43(28-26-42)44-31-33-49(34-32-44)61(50-19-12-18-46(38-50)56-39-47-17-6-7-20-51(47)53-21-8-9-22-54(53)56)57-36-35-52(48-30-29-41-15-4-5-16-45(41)37-48)60-59(57)55-23-10-11-24-58(55)62-60/h1-39H. The molecule has 1 heterocycles. The first-order valence-corrected chi connectivity index (χ1v) is 21.2. The molecule has 12 aromatic rings. The zero-order valence-electron chi connectivity index (χ0n) is 33.9. The quantitative estimate of drug-likeness (QED) is 0.150. The first kappa shape index (κ1) is 35.7. The van der Waals surface area contributed by atoms with E-state index >= 15 is 0 Å². The number of rotatable bonds is 7. The van der Waals surface area contributed by atoms with Crippen molar-refractivity contribution in [3.05, 3.63) is 237 Å². The van der Waals surface area contributed by atoms with Crippen LogP contribution in [-0.4, -0.2) is 0 Å². The first-order chi connectivity index (χ1) is 30.7. The lowest BCUT2D eigenvalue weighted by Crippen LogP contribution is -2.10. The van der Waals surface area contributed by atoms with Gasteiger partial charge in [-0.05, 0) is 126 Å². The average molecular weight is 790 g/mol. The van der Waals surface area contributed by atoms with Crippen LogP contribution in [0.5, 0.6) is 0 Å². The van der Waals surface area contributed by atoms with Crippen LogP contribution in [0.15, 0.2) is 241 Å². The summed E-state index contributed by atoms with van der Waals surface area (Å²) in [6, 6.07) is 85.4. The predicted octanol–water partition coefficient (Wildman–Crippen LogP) is 17.2. The van der Waals surface area contributed by atoms with Crippen LogP contribution in [0.1, 0.15) is 0 Å². The van der Waals surface area contributed by atoms with Gasteiger partial charge in [0.2, 0.25) is 0 Å². The van der Waals surface area contributed by atoms with Crippen molar-refractivity contribution in [2.24, 2.45) is 0 Å². The number of hydrogen-bond donors (Lipinski definition) is 0. The van der Waals surface area contributed by atoms with Crippen molar-refractivity contribution in [2.45, 2.75) is 0 Å². The third-order valence-corrected chi connectivity index (χ3v) is 12.4. The molecule has 0 N–H and O–H groups in total. The Hall–Kier alpha value is -8.20. The molecule has 12 rings (SSSR count). The normalized spacial score (nSPS) is 11.5. The third-order valence-electron chi connectivity index (χ3n) is 12.4. The van der Waals surface area contributed by atoms with Crippen molar-refractivity contribution in [3.8, 4) is 44.5 Å². The molecule has 0 fully saturated rings. The van der Waals surface area contributed by atoms with Crippen molar-refractivity contribution >= 4 is 71.3 Å². The number of fused-ring (bicyclic) bond motifs is 7. The molecule has 0 atom stereocenters. The first-order valence-electron chi connectivity index (χ1n) is 21.2. The van der Waals surface area contributed by atoms with Gasteiger partial charge in [0.25, 0.3) is 0 Å². The average Bonchev–Trinajstić information content (AvgIpc) is 3.74. The number of nitrogens with zero attached hydrogens (tertiary/aromatic N) is 1. The van der Waals surface area contributed by atoms with Crippen LogP contribution in [0.2, 0.25) is 0 Å². The molecule has 0 aliphatic carbocycles. The summed E-state index contributed by atoms with van der Waals surface area (Å²) in [5, 5.41) is 9.56. The van der Waals surface area contributed by atoms with Crippen molar-refractivity contribution in [3.63, 3.8) is 0 Å². The molecular formula is C60H39NO. The van der Waals surface area contributed by atoms with Crippen LogP contribution in [-0.2, 0) is 0 Å². The Balaban J connectivity index is 1.05. The molecule has 0 amide bonds. The van der Waals surface area contributed by atoms with Crippen LogP contribution in [0, 0.1) is 0 Å².